The number of H-pyrrole nitrogens is 1. The Hall–Kier alpha value is -2.57. The number of carbonyl (C=O) groups excluding carboxylic acids is 1. The highest BCUT2D eigenvalue weighted by Gasteiger charge is 2.19. The van der Waals surface area contributed by atoms with E-state index in [-0.39, 0.29) is 5.91 Å². The number of fused-ring (bicyclic) bond motifs is 1. The highest BCUT2D eigenvalue weighted by atomic mass is 16.2. The second-order valence-electron chi connectivity index (χ2n) is 3.49. The van der Waals surface area contributed by atoms with Gasteiger partial charge in [0.2, 0.25) is 5.95 Å². The molecule has 0 aliphatic carbocycles. The molecule has 2 N–H and O–H groups in total. The van der Waals surface area contributed by atoms with Gasteiger partial charge in [0.25, 0.3) is 5.91 Å². The minimum absolute atomic E-state index is 0.287. The summed E-state index contributed by atoms with van der Waals surface area (Å²) in [5, 5.41) is 11.3. The summed E-state index contributed by atoms with van der Waals surface area (Å²) in [4.78, 5) is 18.3. The van der Waals surface area contributed by atoms with Crippen molar-refractivity contribution in [3.8, 4) is 0 Å². The molecule has 1 aliphatic rings. The first kappa shape index (κ1) is 9.64. The molecule has 7 heteroatoms. The number of hydrazone groups is 1. The Morgan fingerprint density at radius 1 is 1.29 bits per heavy atom. The summed E-state index contributed by atoms with van der Waals surface area (Å²) in [6, 6.07) is 6.89. The predicted octanol–water partition coefficient (Wildman–Crippen LogP) is 1.13. The van der Waals surface area contributed by atoms with E-state index in [1.54, 1.807) is 0 Å². The van der Waals surface area contributed by atoms with Gasteiger partial charge < -0.3 is 4.98 Å². The second kappa shape index (κ2) is 3.78. The standard InChI is InChI=1S/C10H8N6O/c17-9-8(5-11-15-9)14-16-10-12-6-3-1-2-4-7(6)13-10/h1-5,8H,(H,12,13)(H,15,17). The molecular formula is C10H8N6O. The van der Waals surface area contributed by atoms with Gasteiger partial charge >= 0.3 is 0 Å². The summed E-state index contributed by atoms with van der Waals surface area (Å²) in [5.74, 6) is 0.0872. The predicted molar refractivity (Wildman–Crippen MR) is 61.0 cm³/mol. The zero-order valence-corrected chi connectivity index (χ0v) is 8.66. The molecule has 0 radical (unpaired) electrons. The smallest absolute Gasteiger partial charge is 0.272 e. The number of nitrogens with zero attached hydrogens (tertiary/aromatic N) is 4. The third-order valence-corrected chi connectivity index (χ3v) is 2.31. The van der Waals surface area contributed by atoms with Crippen LogP contribution in [-0.4, -0.2) is 28.1 Å². The van der Waals surface area contributed by atoms with Crippen molar-refractivity contribution in [2.75, 3.05) is 0 Å². The van der Waals surface area contributed by atoms with E-state index in [1.807, 2.05) is 24.3 Å². The highest BCUT2D eigenvalue weighted by molar-refractivity contribution is 6.01. The monoisotopic (exact) mass is 228 g/mol. The van der Waals surface area contributed by atoms with Gasteiger partial charge in [0.05, 0.1) is 17.2 Å². The number of imidazole rings is 1. The number of carbonyl (C=O) groups is 1. The number of para-hydroxylation sites is 2. The molecule has 0 saturated carbocycles. The van der Waals surface area contributed by atoms with Gasteiger partial charge in [-0.25, -0.2) is 10.4 Å². The van der Waals surface area contributed by atoms with Gasteiger partial charge in [0.15, 0.2) is 6.04 Å². The van der Waals surface area contributed by atoms with Crippen molar-refractivity contribution < 1.29 is 4.79 Å². The van der Waals surface area contributed by atoms with Crippen LogP contribution in [0, 0.1) is 0 Å². The van der Waals surface area contributed by atoms with Crippen molar-refractivity contribution in [3.63, 3.8) is 0 Å². The largest absolute Gasteiger partial charge is 0.321 e. The summed E-state index contributed by atoms with van der Waals surface area (Å²) in [6.07, 6.45) is 1.40. The van der Waals surface area contributed by atoms with Gasteiger partial charge in [-0.05, 0) is 12.1 Å². The second-order valence-corrected chi connectivity index (χ2v) is 3.49. The average molecular weight is 228 g/mol. The molecule has 0 fully saturated rings. The summed E-state index contributed by atoms with van der Waals surface area (Å²) in [5.41, 5.74) is 3.97. The van der Waals surface area contributed by atoms with Gasteiger partial charge in [-0.2, -0.15) is 10.2 Å². The van der Waals surface area contributed by atoms with Crippen LogP contribution in [0.5, 0.6) is 0 Å². The lowest BCUT2D eigenvalue weighted by atomic mass is 10.3. The lowest BCUT2D eigenvalue weighted by Crippen LogP contribution is -2.22. The lowest BCUT2D eigenvalue weighted by Gasteiger charge is -1.92. The maximum atomic E-state index is 11.1. The minimum Gasteiger partial charge on any atom is -0.321 e. The van der Waals surface area contributed by atoms with Gasteiger partial charge in [-0.1, -0.05) is 12.1 Å². The number of hydrogen-bond donors (Lipinski definition) is 2. The van der Waals surface area contributed by atoms with Crippen LogP contribution >= 0.6 is 0 Å². The van der Waals surface area contributed by atoms with E-state index in [1.165, 1.54) is 6.21 Å². The van der Waals surface area contributed by atoms with Crippen LogP contribution < -0.4 is 5.43 Å². The van der Waals surface area contributed by atoms with E-state index < -0.39 is 6.04 Å². The van der Waals surface area contributed by atoms with Crippen LogP contribution in [0.3, 0.4) is 0 Å². The Morgan fingerprint density at radius 2 is 2.18 bits per heavy atom. The van der Waals surface area contributed by atoms with Crippen LogP contribution in [0.2, 0.25) is 0 Å². The number of nitrogens with one attached hydrogen (secondary N) is 2. The van der Waals surface area contributed by atoms with E-state index in [2.05, 4.69) is 30.7 Å². The molecule has 0 saturated heterocycles. The summed E-state index contributed by atoms with van der Waals surface area (Å²) in [6.45, 7) is 0. The molecule has 2 aromatic rings. The van der Waals surface area contributed by atoms with Crippen molar-refractivity contribution in [2.45, 2.75) is 6.04 Å². The molecule has 1 unspecified atom stereocenters. The summed E-state index contributed by atoms with van der Waals surface area (Å²) < 4.78 is 0. The van der Waals surface area contributed by atoms with Crippen LogP contribution in [0.4, 0.5) is 5.95 Å². The summed E-state index contributed by atoms with van der Waals surface area (Å²) >= 11 is 0. The Kier molecular flexibility index (Phi) is 2.14. The van der Waals surface area contributed by atoms with E-state index in [9.17, 15) is 4.79 Å². The fourth-order valence-corrected chi connectivity index (χ4v) is 1.49. The molecule has 2 heterocycles. The fraction of sp³-hybridized carbons (Fsp3) is 0.100. The number of amides is 1. The third kappa shape index (κ3) is 1.78. The molecule has 0 spiro atoms. The maximum Gasteiger partial charge on any atom is 0.272 e. The molecule has 1 aromatic carbocycles. The van der Waals surface area contributed by atoms with E-state index in [0.29, 0.717) is 5.95 Å². The Bertz CT molecular complexity index is 596. The molecule has 1 aromatic heterocycles. The Morgan fingerprint density at radius 3 is 2.94 bits per heavy atom. The zero-order valence-electron chi connectivity index (χ0n) is 8.66. The minimum atomic E-state index is -0.664. The van der Waals surface area contributed by atoms with Crippen molar-refractivity contribution in [1.29, 1.82) is 0 Å². The van der Waals surface area contributed by atoms with Gasteiger partial charge in [0.1, 0.15) is 0 Å². The van der Waals surface area contributed by atoms with Crippen molar-refractivity contribution in [1.82, 2.24) is 15.4 Å². The molecule has 1 aliphatic heterocycles. The molecule has 3 rings (SSSR count). The zero-order chi connectivity index (χ0) is 11.7. The molecule has 1 atom stereocenters. The Labute approximate surface area is 95.7 Å². The molecule has 0 bridgehead atoms. The highest BCUT2D eigenvalue weighted by Crippen LogP contribution is 2.16. The summed E-state index contributed by atoms with van der Waals surface area (Å²) in [7, 11) is 0. The first-order valence-electron chi connectivity index (χ1n) is 5.01. The normalized spacial score (nSPS) is 19.3. The molecule has 84 valence electrons. The van der Waals surface area contributed by atoms with Crippen LogP contribution in [0.1, 0.15) is 0 Å². The van der Waals surface area contributed by atoms with Crippen molar-refractivity contribution in [3.05, 3.63) is 24.3 Å². The van der Waals surface area contributed by atoms with Crippen LogP contribution in [0.25, 0.3) is 11.0 Å². The topological polar surface area (TPSA) is 94.9 Å². The van der Waals surface area contributed by atoms with Crippen molar-refractivity contribution in [2.24, 2.45) is 15.3 Å². The van der Waals surface area contributed by atoms with Gasteiger partial charge in [0, 0.05) is 0 Å². The third-order valence-electron chi connectivity index (χ3n) is 2.31. The number of hydrogen-bond acceptors (Lipinski definition) is 5. The number of rotatable bonds is 2. The molecular weight excluding hydrogens is 220 g/mol. The number of azo groups is 1. The van der Waals surface area contributed by atoms with Crippen molar-refractivity contribution >= 4 is 29.1 Å². The average Bonchev–Trinajstić information content (AvgIpc) is 2.92. The maximum absolute atomic E-state index is 11.1. The molecule has 7 nitrogen and oxygen atoms in total. The molecule has 17 heavy (non-hydrogen) atoms. The van der Waals surface area contributed by atoms with Gasteiger partial charge in [-0.3, -0.25) is 4.79 Å². The van der Waals surface area contributed by atoms with Crippen LogP contribution in [-0.2, 0) is 4.79 Å². The fourth-order valence-electron chi connectivity index (χ4n) is 1.49. The number of aromatic amines is 1. The number of benzene rings is 1. The Balaban J connectivity index is 1.87. The quantitative estimate of drug-likeness (QED) is 0.753. The first-order chi connectivity index (χ1) is 8.33. The van der Waals surface area contributed by atoms with E-state index in [0.717, 1.165) is 11.0 Å². The van der Waals surface area contributed by atoms with E-state index >= 15 is 0 Å². The van der Waals surface area contributed by atoms with Crippen LogP contribution in [0.15, 0.2) is 39.6 Å². The lowest BCUT2D eigenvalue weighted by molar-refractivity contribution is -0.120. The van der Waals surface area contributed by atoms with E-state index in [4.69, 9.17) is 0 Å². The van der Waals surface area contributed by atoms with Gasteiger partial charge in [-0.15, -0.1) is 5.11 Å². The SMILES string of the molecule is O=C1NN=CC1N=Nc1nc2ccccc2[nH]1. The number of aromatic nitrogens is 2. The molecule has 1 amide bonds. The first-order valence-corrected chi connectivity index (χ1v) is 5.01.